The van der Waals surface area contributed by atoms with Crippen LogP contribution in [-0.2, 0) is 0 Å². The number of rotatable bonds is 4. The highest BCUT2D eigenvalue weighted by Crippen LogP contribution is 2.32. The Balaban J connectivity index is 1.82. The molecule has 1 aliphatic rings. The first kappa shape index (κ1) is 19.6. The highest BCUT2D eigenvalue weighted by atomic mass is 32.1. The highest BCUT2D eigenvalue weighted by Gasteiger charge is 2.26. The number of carbonyl (C=O) groups excluding carboxylic acids is 2. The molecule has 0 radical (unpaired) electrons. The summed E-state index contributed by atoms with van der Waals surface area (Å²) in [6.45, 7) is 0.667. The summed E-state index contributed by atoms with van der Waals surface area (Å²) in [5, 5.41) is 15.4. The van der Waals surface area contributed by atoms with E-state index in [1.54, 1.807) is 0 Å². The minimum atomic E-state index is -1.00. The maximum Gasteiger partial charge on any atom is 0.407 e. The number of urea groups is 1. The molecule has 1 aromatic heterocycles. The Kier molecular flexibility index (Phi) is 6.09. The number of nitrogens with one attached hydrogen (secondary N) is 2. The van der Waals surface area contributed by atoms with Gasteiger partial charge in [0.05, 0.1) is 0 Å². The van der Waals surface area contributed by atoms with Crippen molar-refractivity contribution in [2.45, 2.75) is 25.3 Å². The van der Waals surface area contributed by atoms with E-state index in [1.165, 1.54) is 4.90 Å². The molecule has 10 heteroatoms. The van der Waals surface area contributed by atoms with Gasteiger partial charge in [-0.05, 0) is 19.3 Å². The summed E-state index contributed by atoms with van der Waals surface area (Å²) in [7, 11) is 0. The maximum absolute atomic E-state index is 12.8. The number of amides is 4. The van der Waals surface area contributed by atoms with Crippen LogP contribution in [0.1, 0.15) is 29.8 Å². The van der Waals surface area contributed by atoms with Gasteiger partial charge < -0.3 is 21.1 Å². The van der Waals surface area contributed by atoms with E-state index in [2.05, 4.69) is 15.6 Å². The number of nitrogens with two attached hydrogens (primary N) is 1. The van der Waals surface area contributed by atoms with E-state index in [0.717, 1.165) is 29.7 Å². The van der Waals surface area contributed by atoms with E-state index < -0.39 is 18.0 Å². The lowest BCUT2D eigenvalue weighted by Crippen LogP contribution is -2.44. The van der Waals surface area contributed by atoms with Gasteiger partial charge in [-0.2, -0.15) is 0 Å². The summed E-state index contributed by atoms with van der Waals surface area (Å²) in [5.74, 6) is -0.473. The van der Waals surface area contributed by atoms with Gasteiger partial charge in [-0.1, -0.05) is 41.7 Å². The summed E-state index contributed by atoms with van der Waals surface area (Å²) >= 11 is 1.15. The van der Waals surface area contributed by atoms with Crippen LogP contribution >= 0.6 is 11.3 Å². The van der Waals surface area contributed by atoms with Crippen molar-refractivity contribution in [3.05, 3.63) is 36.0 Å². The lowest BCUT2D eigenvalue weighted by atomic mass is 10.1. The molecule has 1 saturated heterocycles. The van der Waals surface area contributed by atoms with Crippen LogP contribution in [0.5, 0.6) is 0 Å². The van der Waals surface area contributed by atoms with E-state index in [0.29, 0.717) is 18.0 Å². The second-order valence-corrected chi connectivity index (χ2v) is 7.45. The summed E-state index contributed by atoms with van der Waals surface area (Å²) in [6, 6.07) is 8.16. The Morgan fingerprint density at radius 3 is 2.64 bits per heavy atom. The molecule has 2 heterocycles. The molecule has 3 rings (SSSR count). The van der Waals surface area contributed by atoms with Gasteiger partial charge in [0.15, 0.2) is 5.69 Å². The van der Waals surface area contributed by atoms with Gasteiger partial charge >= 0.3 is 12.1 Å². The van der Waals surface area contributed by atoms with E-state index in [-0.39, 0.29) is 23.3 Å². The predicted molar refractivity (Wildman–Crippen MR) is 105 cm³/mol. The quantitative estimate of drug-likeness (QED) is 0.622. The minimum absolute atomic E-state index is 0.0637. The number of carboxylic acid groups (broad SMARTS) is 1. The zero-order chi connectivity index (χ0) is 20.1. The van der Waals surface area contributed by atoms with Gasteiger partial charge in [0, 0.05) is 24.7 Å². The molecule has 0 saturated carbocycles. The molecule has 148 valence electrons. The van der Waals surface area contributed by atoms with Gasteiger partial charge in [-0.3, -0.25) is 10.1 Å². The van der Waals surface area contributed by atoms with Gasteiger partial charge in [-0.25, -0.2) is 14.6 Å². The van der Waals surface area contributed by atoms with Gasteiger partial charge in [0.25, 0.3) is 5.91 Å². The third kappa shape index (κ3) is 4.77. The van der Waals surface area contributed by atoms with Crippen LogP contribution in [0.4, 0.5) is 14.6 Å². The van der Waals surface area contributed by atoms with Crippen molar-refractivity contribution >= 4 is 34.4 Å². The summed E-state index contributed by atoms with van der Waals surface area (Å²) < 4.78 is 0. The Labute approximate surface area is 165 Å². The van der Waals surface area contributed by atoms with E-state index in [4.69, 9.17) is 5.73 Å². The average Bonchev–Trinajstić information content (AvgIpc) is 2.92. The molecule has 1 fully saturated rings. The molecule has 2 aromatic rings. The number of primary amides is 1. The SMILES string of the molecule is NC(=O)Nc1sc(-c2ccccc2)nc1C(=O)N[C@H]1CCCCN(C(=O)O)C1. The summed E-state index contributed by atoms with van der Waals surface area (Å²) in [5.41, 5.74) is 6.10. The van der Waals surface area contributed by atoms with E-state index >= 15 is 0 Å². The van der Waals surface area contributed by atoms with Crippen LogP contribution in [-0.4, -0.2) is 52.2 Å². The van der Waals surface area contributed by atoms with Crippen LogP contribution in [0.15, 0.2) is 30.3 Å². The number of aromatic nitrogens is 1. The Morgan fingerprint density at radius 1 is 1.21 bits per heavy atom. The number of thiazole rings is 1. The molecule has 28 heavy (non-hydrogen) atoms. The highest BCUT2D eigenvalue weighted by molar-refractivity contribution is 7.19. The van der Waals surface area contributed by atoms with Crippen LogP contribution in [0.3, 0.4) is 0 Å². The molecule has 0 spiro atoms. The van der Waals surface area contributed by atoms with Crippen molar-refractivity contribution in [3.8, 4) is 10.6 Å². The number of carbonyl (C=O) groups is 3. The number of anilines is 1. The largest absolute Gasteiger partial charge is 0.465 e. The number of hydrogen-bond acceptors (Lipinski definition) is 5. The van der Waals surface area contributed by atoms with Crippen molar-refractivity contribution < 1.29 is 19.5 Å². The first-order chi connectivity index (χ1) is 13.4. The molecule has 4 amide bonds. The molecule has 5 N–H and O–H groups in total. The molecule has 0 aliphatic carbocycles. The van der Waals surface area contributed by atoms with Gasteiger partial charge in [0.1, 0.15) is 10.0 Å². The lowest BCUT2D eigenvalue weighted by Gasteiger charge is -2.22. The smallest absolute Gasteiger partial charge is 0.407 e. The molecule has 1 aromatic carbocycles. The lowest BCUT2D eigenvalue weighted by molar-refractivity contribution is 0.0917. The predicted octanol–water partition coefficient (Wildman–Crippen LogP) is 2.56. The zero-order valence-corrected chi connectivity index (χ0v) is 15.9. The third-order valence-corrected chi connectivity index (χ3v) is 5.40. The number of nitrogens with zero attached hydrogens (tertiary/aromatic N) is 2. The maximum atomic E-state index is 12.8. The second kappa shape index (κ2) is 8.70. The molecule has 9 nitrogen and oxygen atoms in total. The van der Waals surface area contributed by atoms with Crippen molar-refractivity contribution in [1.29, 1.82) is 0 Å². The first-order valence-electron chi connectivity index (χ1n) is 8.85. The molecule has 0 bridgehead atoms. The van der Waals surface area contributed by atoms with E-state index in [1.807, 2.05) is 30.3 Å². The van der Waals surface area contributed by atoms with Crippen molar-refractivity contribution in [1.82, 2.24) is 15.2 Å². The standard InChI is InChI=1S/C18H21N5O4S/c19-17(25)22-16-13(21-15(28-16)11-6-2-1-3-7-11)14(24)20-12-8-4-5-9-23(10-12)18(26)27/h1-3,6-7,12H,4-5,8-10H2,(H,20,24)(H,26,27)(H3,19,22,25)/t12-/m0/s1. The fourth-order valence-corrected chi connectivity index (χ4v) is 4.03. The minimum Gasteiger partial charge on any atom is -0.465 e. The zero-order valence-electron chi connectivity index (χ0n) is 15.1. The first-order valence-corrected chi connectivity index (χ1v) is 9.67. The molecular formula is C18H21N5O4S. The van der Waals surface area contributed by atoms with Crippen LogP contribution in [0.2, 0.25) is 0 Å². The Bertz CT molecular complexity index is 870. The molecular weight excluding hydrogens is 382 g/mol. The summed E-state index contributed by atoms with van der Waals surface area (Å²) in [4.78, 5) is 41.1. The average molecular weight is 403 g/mol. The van der Waals surface area contributed by atoms with Crippen LogP contribution < -0.4 is 16.4 Å². The Hall–Kier alpha value is -3.14. The number of hydrogen-bond donors (Lipinski definition) is 4. The number of benzene rings is 1. The fraction of sp³-hybridized carbons (Fsp3) is 0.333. The molecule has 1 atom stereocenters. The summed E-state index contributed by atoms with van der Waals surface area (Å²) in [6.07, 6.45) is 1.23. The van der Waals surface area contributed by atoms with Crippen molar-refractivity contribution in [3.63, 3.8) is 0 Å². The molecule has 0 unspecified atom stereocenters. The third-order valence-electron chi connectivity index (χ3n) is 4.38. The Morgan fingerprint density at radius 2 is 1.96 bits per heavy atom. The second-order valence-electron chi connectivity index (χ2n) is 6.45. The van der Waals surface area contributed by atoms with E-state index in [9.17, 15) is 19.5 Å². The monoisotopic (exact) mass is 403 g/mol. The van der Waals surface area contributed by atoms with Crippen molar-refractivity contribution in [2.24, 2.45) is 5.73 Å². The fourth-order valence-electron chi connectivity index (χ4n) is 3.06. The molecule has 1 aliphatic heterocycles. The number of likely N-dealkylation sites (tertiary alicyclic amines) is 1. The van der Waals surface area contributed by atoms with Gasteiger partial charge in [0.2, 0.25) is 0 Å². The normalized spacial score (nSPS) is 16.9. The van der Waals surface area contributed by atoms with Crippen LogP contribution in [0, 0.1) is 0 Å². The topological polar surface area (TPSA) is 138 Å². The van der Waals surface area contributed by atoms with Gasteiger partial charge in [-0.15, -0.1) is 0 Å². The van der Waals surface area contributed by atoms with Crippen LogP contribution in [0.25, 0.3) is 10.6 Å². The van der Waals surface area contributed by atoms with Crippen molar-refractivity contribution in [2.75, 3.05) is 18.4 Å².